The number of nitrogens with zero attached hydrogens (tertiary/aromatic N) is 3. The maximum atomic E-state index is 6.27. The van der Waals surface area contributed by atoms with Crippen LogP contribution < -0.4 is 0 Å². The zero-order valence-electron chi connectivity index (χ0n) is 11.5. The Balaban J connectivity index is 2.38. The Bertz CT molecular complexity index is 843. The summed E-state index contributed by atoms with van der Waals surface area (Å²) in [6.07, 6.45) is 0. The molecule has 108 valence electrons. The minimum absolute atomic E-state index is 0.299. The second-order valence-electron chi connectivity index (χ2n) is 4.85. The van der Waals surface area contributed by atoms with Gasteiger partial charge in [-0.1, -0.05) is 11.6 Å². The molecule has 0 fully saturated rings. The summed E-state index contributed by atoms with van der Waals surface area (Å²) in [7, 11) is 0. The van der Waals surface area contributed by atoms with Gasteiger partial charge in [-0.25, -0.2) is 9.97 Å². The van der Waals surface area contributed by atoms with Gasteiger partial charge in [-0.15, -0.1) is 11.6 Å². The topological polar surface area (TPSA) is 30.7 Å². The molecule has 0 spiro atoms. The van der Waals surface area contributed by atoms with E-state index in [0.717, 1.165) is 38.4 Å². The van der Waals surface area contributed by atoms with Crippen molar-refractivity contribution in [3.63, 3.8) is 0 Å². The lowest BCUT2D eigenvalue weighted by Crippen LogP contribution is -2.02. The molecule has 6 heteroatoms. The second kappa shape index (κ2) is 5.59. The third-order valence-corrected chi connectivity index (χ3v) is 4.58. The van der Waals surface area contributed by atoms with E-state index < -0.39 is 0 Å². The molecule has 0 saturated heterocycles. The Morgan fingerprint density at radius 1 is 1.19 bits per heavy atom. The molecule has 2 heterocycles. The Hall–Kier alpha value is -1.10. The summed E-state index contributed by atoms with van der Waals surface area (Å²) in [5.74, 6) is 1.04. The molecule has 0 radical (unpaired) electrons. The lowest BCUT2D eigenvalue weighted by molar-refractivity contribution is 0.961. The Morgan fingerprint density at radius 3 is 2.67 bits per heavy atom. The maximum absolute atomic E-state index is 6.27. The van der Waals surface area contributed by atoms with Gasteiger partial charge in [-0.2, -0.15) is 0 Å². The van der Waals surface area contributed by atoms with Crippen LogP contribution >= 0.6 is 39.1 Å². The van der Waals surface area contributed by atoms with E-state index >= 15 is 0 Å². The first-order chi connectivity index (χ1) is 10.0. The van der Waals surface area contributed by atoms with Crippen molar-refractivity contribution in [2.75, 3.05) is 0 Å². The van der Waals surface area contributed by atoms with Crippen molar-refractivity contribution in [3.8, 4) is 5.69 Å². The number of halogens is 3. The van der Waals surface area contributed by atoms with Crippen LogP contribution in [0.2, 0.25) is 5.02 Å². The van der Waals surface area contributed by atoms with Crippen LogP contribution in [-0.2, 0) is 5.88 Å². The number of imidazole rings is 1. The van der Waals surface area contributed by atoms with Crippen LogP contribution in [0.5, 0.6) is 0 Å². The fraction of sp³-hybridized carbons (Fsp3) is 0.200. The van der Waals surface area contributed by atoms with Crippen molar-refractivity contribution in [2.45, 2.75) is 19.7 Å². The van der Waals surface area contributed by atoms with Gasteiger partial charge in [0, 0.05) is 15.2 Å². The molecule has 3 rings (SSSR count). The number of pyridine rings is 1. The van der Waals surface area contributed by atoms with Crippen LogP contribution in [0.4, 0.5) is 0 Å². The molecule has 3 nitrogen and oxygen atoms in total. The highest BCUT2D eigenvalue weighted by Crippen LogP contribution is 2.31. The van der Waals surface area contributed by atoms with E-state index in [1.807, 2.05) is 42.7 Å². The van der Waals surface area contributed by atoms with Crippen LogP contribution in [0.25, 0.3) is 16.9 Å². The van der Waals surface area contributed by atoms with Crippen LogP contribution in [-0.4, -0.2) is 14.5 Å². The van der Waals surface area contributed by atoms with Gasteiger partial charge in [-0.3, -0.25) is 4.57 Å². The lowest BCUT2D eigenvalue weighted by atomic mass is 10.2. The molecule has 0 N–H and O–H groups in total. The molecule has 0 aliphatic heterocycles. The van der Waals surface area contributed by atoms with Crippen LogP contribution in [0.15, 0.2) is 28.7 Å². The van der Waals surface area contributed by atoms with E-state index in [2.05, 4.69) is 25.9 Å². The third kappa shape index (κ3) is 2.56. The predicted octanol–water partition coefficient (Wildman–Crippen LogP) is 5.19. The van der Waals surface area contributed by atoms with E-state index in [9.17, 15) is 0 Å². The Labute approximate surface area is 141 Å². The van der Waals surface area contributed by atoms with Gasteiger partial charge >= 0.3 is 0 Å². The summed E-state index contributed by atoms with van der Waals surface area (Å²) >= 11 is 15.9. The highest BCUT2D eigenvalue weighted by molar-refractivity contribution is 9.10. The molecule has 21 heavy (non-hydrogen) atoms. The standard InChI is InChI=1S/C15H12BrCl2N3/c1-8-5-10(16)13(6-11(8)18)21-14(7-17)20-12-4-3-9(2)19-15(12)21/h3-6H,7H2,1-2H3. The molecule has 1 aromatic carbocycles. The van der Waals surface area contributed by atoms with Gasteiger partial charge in [0.15, 0.2) is 5.65 Å². The number of hydrogen-bond donors (Lipinski definition) is 0. The molecule has 2 aromatic heterocycles. The number of alkyl halides is 1. The normalized spacial score (nSPS) is 11.3. The number of rotatable bonds is 2. The molecule has 0 bridgehead atoms. The van der Waals surface area contributed by atoms with E-state index in [1.165, 1.54) is 0 Å². The third-order valence-electron chi connectivity index (χ3n) is 3.30. The van der Waals surface area contributed by atoms with Crippen molar-refractivity contribution in [1.82, 2.24) is 14.5 Å². The van der Waals surface area contributed by atoms with E-state index in [4.69, 9.17) is 23.2 Å². The Kier molecular flexibility index (Phi) is 3.95. The molecule has 0 saturated carbocycles. The Morgan fingerprint density at radius 2 is 1.95 bits per heavy atom. The maximum Gasteiger partial charge on any atom is 0.164 e. The first-order valence-corrected chi connectivity index (χ1v) is 8.08. The van der Waals surface area contributed by atoms with Gasteiger partial charge in [0.1, 0.15) is 11.3 Å². The van der Waals surface area contributed by atoms with Crippen molar-refractivity contribution >= 4 is 50.3 Å². The largest absolute Gasteiger partial charge is 0.278 e. The molecular weight excluding hydrogens is 373 g/mol. The van der Waals surface area contributed by atoms with E-state index in [-0.39, 0.29) is 0 Å². The van der Waals surface area contributed by atoms with E-state index in [1.54, 1.807) is 0 Å². The summed E-state index contributed by atoms with van der Waals surface area (Å²) in [6.45, 7) is 3.92. The minimum Gasteiger partial charge on any atom is -0.278 e. The van der Waals surface area contributed by atoms with Crippen LogP contribution in [0, 0.1) is 13.8 Å². The van der Waals surface area contributed by atoms with Gasteiger partial charge in [0.25, 0.3) is 0 Å². The first kappa shape index (κ1) is 14.8. The lowest BCUT2D eigenvalue weighted by Gasteiger charge is -2.11. The monoisotopic (exact) mass is 383 g/mol. The van der Waals surface area contributed by atoms with Gasteiger partial charge in [-0.05, 0) is 59.6 Å². The first-order valence-electron chi connectivity index (χ1n) is 6.38. The van der Waals surface area contributed by atoms with Gasteiger partial charge in [0.2, 0.25) is 0 Å². The van der Waals surface area contributed by atoms with Gasteiger partial charge < -0.3 is 0 Å². The molecule has 3 aromatic rings. The zero-order chi connectivity index (χ0) is 15.1. The van der Waals surface area contributed by atoms with Crippen LogP contribution in [0.3, 0.4) is 0 Å². The summed E-state index contributed by atoms with van der Waals surface area (Å²) < 4.78 is 2.88. The van der Waals surface area contributed by atoms with Crippen molar-refractivity contribution in [3.05, 3.63) is 50.8 Å². The fourth-order valence-corrected chi connectivity index (χ4v) is 3.22. The highest BCUT2D eigenvalue weighted by atomic mass is 79.9. The van der Waals surface area contributed by atoms with Crippen molar-refractivity contribution in [2.24, 2.45) is 0 Å². The summed E-state index contributed by atoms with van der Waals surface area (Å²) in [5, 5.41) is 0.697. The number of fused-ring (bicyclic) bond motifs is 1. The number of aromatic nitrogens is 3. The number of aryl methyl sites for hydroxylation is 2. The molecule has 0 unspecified atom stereocenters. The smallest absolute Gasteiger partial charge is 0.164 e. The quantitative estimate of drug-likeness (QED) is 0.569. The number of benzene rings is 1. The van der Waals surface area contributed by atoms with Gasteiger partial charge in [0.05, 0.1) is 11.6 Å². The highest BCUT2D eigenvalue weighted by Gasteiger charge is 2.16. The molecule has 0 amide bonds. The summed E-state index contributed by atoms with van der Waals surface area (Å²) in [5.41, 5.74) is 4.43. The molecule has 0 aliphatic rings. The SMILES string of the molecule is Cc1ccc2nc(CCl)n(-c3cc(Cl)c(C)cc3Br)c2n1. The van der Waals surface area contributed by atoms with Crippen molar-refractivity contribution < 1.29 is 0 Å². The second-order valence-corrected chi connectivity index (χ2v) is 6.37. The zero-order valence-corrected chi connectivity index (χ0v) is 14.6. The summed E-state index contributed by atoms with van der Waals surface area (Å²) in [6, 6.07) is 7.78. The fourth-order valence-electron chi connectivity index (χ4n) is 2.25. The molecule has 0 atom stereocenters. The minimum atomic E-state index is 0.299. The predicted molar refractivity (Wildman–Crippen MR) is 90.6 cm³/mol. The molecule has 0 aliphatic carbocycles. The van der Waals surface area contributed by atoms with E-state index in [0.29, 0.717) is 10.9 Å². The average Bonchev–Trinajstić information content (AvgIpc) is 2.80. The van der Waals surface area contributed by atoms with Crippen molar-refractivity contribution in [1.29, 1.82) is 0 Å². The molecular formula is C15H12BrCl2N3. The number of hydrogen-bond acceptors (Lipinski definition) is 2. The van der Waals surface area contributed by atoms with Crippen LogP contribution in [0.1, 0.15) is 17.1 Å². The average molecular weight is 385 g/mol. The summed E-state index contributed by atoms with van der Waals surface area (Å²) in [4.78, 5) is 9.14.